The van der Waals surface area contributed by atoms with Crippen LogP contribution in [-0.4, -0.2) is 11.9 Å². The lowest BCUT2D eigenvalue weighted by Crippen LogP contribution is -2.23. The van der Waals surface area contributed by atoms with Crippen LogP contribution >= 0.6 is 11.6 Å². The first-order valence-corrected chi connectivity index (χ1v) is 7.03. The Morgan fingerprint density at radius 1 is 1.14 bits per heavy atom. The van der Waals surface area contributed by atoms with Gasteiger partial charge in [0.25, 0.3) is 5.91 Å². The Kier molecular flexibility index (Phi) is 5.01. The van der Waals surface area contributed by atoms with Gasteiger partial charge in [-0.15, -0.1) is 0 Å². The van der Waals surface area contributed by atoms with Crippen LogP contribution in [0.2, 0.25) is 5.02 Å². The quantitative estimate of drug-likeness (QED) is 0.809. The highest BCUT2D eigenvalue weighted by molar-refractivity contribution is 6.31. The zero-order valence-corrected chi connectivity index (χ0v) is 12.8. The SMILES string of the molecule is Cc1ccc(CNC(=O)c2ccc(NC(N)=O)cc2)c(Cl)c1. The molecule has 0 aliphatic carbocycles. The number of halogens is 1. The van der Waals surface area contributed by atoms with Crippen LogP contribution in [0.5, 0.6) is 0 Å². The van der Waals surface area contributed by atoms with E-state index in [2.05, 4.69) is 10.6 Å². The number of primary amides is 1. The predicted octanol–water partition coefficient (Wildman–Crippen LogP) is 3.07. The van der Waals surface area contributed by atoms with Crippen LogP contribution in [0.1, 0.15) is 21.5 Å². The third-order valence-corrected chi connectivity index (χ3v) is 3.41. The topological polar surface area (TPSA) is 84.2 Å². The van der Waals surface area contributed by atoms with E-state index in [1.165, 1.54) is 0 Å². The summed E-state index contributed by atoms with van der Waals surface area (Å²) >= 11 is 6.12. The van der Waals surface area contributed by atoms with Crippen molar-refractivity contribution >= 4 is 29.2 Å². The number of urea groups is 1. The van der Waals surface area contributed by atoms with Gasteiger partial charge in [-0.1, -0.05) is 23.7 Å². The molecule has 114 valence electrons. The van der Waals surface area contributed by atoms with E-state index in [1.54, 1.807) is 24.3 Å². The predicted molar refractivity (Wildman–Crippen MR) is 87.0 cm³/mol. The molecule has 5 nitrogen and oxygen atoms in total. The van der Waals surface area contributed by atoms with Gasteiger partial charge in [0.2, 0.25) is 0 Å². The second-order valence-electron chi connectivity index (χ2n) is 4.84. The Labute approximate surface area is 133 Å². The summed E-state index contributed by atoms with van der Waals surface area (Å²) in [5, 5.41) is 5.86. The summed E-state index contributed by atoms with van der Waals surface area (Å²) in [6.07, 6.45) is 0. The molecule has 2 aromatic rings. The molecule has 2 aromatic carbocycles. The van der Waals surface area contributed by atoms with Gasteiger partial charge < -0.3 is 16.4 Å². The van der Waals surface area contributed by atoms with Gasteiger partial charge in [-0.05, 0) is 48.4 Å². The van der Waals surface area contributed by atoms with Crippen LogP contribution in [0.4, 0.5) is 10.5 Å². The van der Waals surface area contributed by atoms with Crippen molar-refractivity contribution in [3.05, 3.63) is 64.2 Å². The number of anilines is 1. The number of amides is 3. The van der Waals surface area contributed by atoms with Gasteiger partial charge in [0.15, 0.2) is 0 Å². The van der Waals surface area contributed by atoms with Crippen molar-refractivity contribution in [2.24, 2.45) is 5.73 Å². The molecule has 0 saturated heterocycles. The minimum Gasteiger partial charge on any atom is -0.351 e. The molecule has 0 aliphatic rings. The highest BCUT2D eigenvalue weighted by Gasteiger charge is 2.07. The van der Waals surface area contributed by atoms with Crippen molar-refractivity contribution in [1.82, 2.24) is 5.32 Å². The van der Waals surface area contributed by atoms with Crippen LogP contribution in [-0.2, 0) is 6.54 Å². The number of nitrogens with one attached hydrogen (secondary N) is 2. The highest BCUT2D eigenvalue weighted by atomic mass is 35.5. The van der Waals surface area contributed by atoms with Gasteiger partial charge in [0.05, 0.1) is 0 Å². The van der Waals surface area contributed by atoms with Crippen molar-refractivity contribution in [2.45, 2.75) is 13.5 Å². The summed E-state index contributed by atoms with van der Waals surface area (Å²) in [4.78, 5) is 22.8. The van der Waals surface area contributed by atoms with E-state index in [0.29, 0.717) is 22.8 Å². The molecule has 0 saturated carbocycles. The molecule has 0 spiro atoms. The Bertz CT molecular complexity index is 699. The number of aryl methyl sites for hydroxylation is 1. The van der Waals surface area contributed by atoms with Gasteiger partial charge in [0.1, 0.15) is 0 Å². The van der Waals surface area contributed by atoms with Crippen molar-refractivity contribution in [1.29, 1.82) is 0 Å². The smallest absolute Gasteiger partial charge is 0.316 e. The molecule has 0 radical (unpaired) electrons. The molecule has 0 heterocycles. The Morgan fingerprint density at radius 2 is 1.82 bits per heavy atom. The fraction of sp³-hybridized carbons (Fsp3) is 0.125. The van der Waals surface area contributed by atoms with Crippen molar-refractivity contribution in [3.63, 3.8) is 0 Å². The zero-order valence-electron chi connectivity index (χ0n) is 12.0. The molecule has 2 rings (SSSR count). The van der Waals surface area contributed by atoms with Crippen LogP contribution < -0.4 is 16.4 Å². The Morgan fingerprint density at radius 3 is 2.41 bits per heavy atom. The van der Waals surface area contributed by atoms with Gasteiger partial charge in [-0.25, -0.2) is 4.79 Å². The monoisotopic (exact) mass is 317 g/mol. The van der Waals surface area contributed by atoms with E-state index in [0.717, 1.165) is 11.1 Å². The average molecular weight is 318 g/mol. The summed E-state index contributed by atoms with van der Waals surface area (Å²) in [6, 6.07) is 11.5. The number of rotatable bonds is 4. The van der Waals surface area contributed by atoms with Crippen LogP contribution in [0, 0.1) is 6.92 Å². The van der Waals surface area contributed by atoms with Gasteiger partial charge >= 0.3 is 6.03 Å². The first-order valence-electron chi connectivity index (χ1n) is 6.65. The number of hydrogen-bond donors (Lipinski definition) is 3. The van der Waals surface area contributed by atoms with E-state index in [4.69, 9.17) is 17.3 Å². The number of nitrogens with two attached hydrogens (primary N) is 1. The molecule has 0 unspecified atom stereocenters. The molecule has 0 fully saturated rings. The van der Waals surface area contributed by atoms with Gasteiger partial charge in [0, 0.05) is 22.8 Å². The molecule has 4 N–H and O–H groups in total. The third kappa shape index (κ3) is 4.23. The molecule has 0 aromatic heterocycles. The van der Waals surface area contributed by atoms with Crippen LogP contribution in [0.25, 0.3) is 0 Å². The number of hydrogen-bond acceptors (Lipinski definition) is 2. The number of carbonyl (C=O) groups is 2. The minimum absolute atomic E-state index is 0.220. The summed E-state index contributed by atoms with van der Waals surface area (Å²) in [5.41, 5.74) is 7.96. The fourth-order valence-corrected chi connectivity index (χ4v) is 2.22. The summed E-state index contributed by atoms with van der Waals surface area (Å²) in [6.45, 7) is 2.30. The van der Waals surface area contributed by atoms with Crippen molar-refractivity contribution in [2.75, 3.05) is 5.32 Å². The van der Waals surface area contributed by atoms with E-state index in [9.17, 15) is 9.59 Å². The Balaban J connectivity index is 1.98. The summed E-state index contributed by atoms with van der Waals surface area (Å²) in [7, 11) is 0. The molecular weight excluding hydrogens is 302 g/mol. The average Bonchev–Trinajstić information content (AvgIpc) is 2.46. The molecule has 6 heteroatoms. The lowest BCUT2D eigenvalue weighted by atomic mass is 10.1. The van der Waals surface area contributed by atoms with Crippen LogP contribution in [0.3, 0.4) is 0 Å². The highest BCUT2D eigenvalue weighted by Crippen LogP contribution is 2.17. The molecular formula is C16H16ClN3O2. The van der Waals surface area contributed by atoms with E-state index in [1.807, 2.05) is 25.1 Å². The molecule has 22 heavy (non-hydrogen) atoms. The van der Waals surface area contributed by atoms with Crippen LogP contribution in [0.15, 0.2) is 42.5 Å². The van der Waals surface area contributed by atoms with E-state index in [-0.39, 0.29) is 5.91 Å². The largest absolute Gasteiger partial charge is 0.351 e. The first kappa shape index (κ1) is 15.9. The van der Waals surface area contributed by atoms with E-state index < -0.39 is 6.03 Å². The lowest BCUT2D eigenvalue weighted by molar-refractivity contribution is 0.0951. The standard InChI is InChI=1S/C16H16ClN3O2/c1-10-2-3-12(14(17)8-10)9-19-15(21)11-4-6-13(7-5-11)20-16(18)22/h2-8H,9H2,1H3,(H,19,21)(H3,18,20,22). The maximum absolute atomic E-state index is 12.1. The zero-order chi connectivity index (χ0) is 16.1. The number of benzene rings is 2. The summed E-state index contributed by atoms with van der Waals surface area (Å²) in [5.74, 6) is -0.220. The second kappa shape index (κ2) is 6.95. The fourth-order valence-electron chi connectivity index (χ4n) is 1.92. The van der Waals surface area contributed by atoms with Gasteiger partial charge in [-0.2, -0.15) is 0 Å². The maximum atomic E-state index is 12.1. The van der Waals surface area contributed by atoms with E-state index >= 15 is 0 Å². The van der Waals surface area contributed by atoms with Crippen molar-refractivity contribution < 1.29 is 9.59 Å². The van der Waals surface area contributed by atoms with Gasteiger partial charge in [-0.3, -0.25) is 4.79 Å². The van der Waals surface area contributed by atoms with Crippen molar-refractivity contribution in [3.8, 4) is 0 Å². The molecule has 0 atom stereocenters. The number of carbonyl (C=O) groups excluding carboxylic acids is 2. The molecule has 0 aliphatic heterocycles. The second-order valence-corrected chi connectivity index (χ2v) is 5.25. The lowest BCUT2D eigenvalue weighted by Gasteiger charge is -2.08. The maximum Gasteiger partial charge on any atom is 0.316 e. The third-order valence-electron chi connectivity index (χ3n) is 3.06. The Hall–Kier alpha value is -2.53. The minimum atomic E-state index is -0.647. The molecule has 3 amide bonds. The summed E-state index contributed by atoms with van der Waals surface area (Å²) < 4.78 is 0. The molecule has 0 bridgehead atoms. The normalized spacial score (nSPS) is 10.1. The first-order chi connectivity index (χ1) is 10.5.